The van der Waals surface area contributed by atoms with E-state index in [4.69, 9.17) is 5.73 Å². The lowest BCUT2D eigenvalue weighted by Gasteiger charge is -2.31. The third-order valence-electron chi connectivity index (χ3n) is 5.09. The standard InChI is InChI=1S/C16H24N6O3.ClH/c1-20-14-13(15(24)21(2)16(20)25)22(9-18-14)8-12(23)19-11-6-4-3-5-10(11)7-17;/h9-11H,3-8,17H2,1-2H3,(H,19,23);1H. The fourth-order valence-corrected chi connectivity index (χ4v) is 3.60. The molecule has 0 spiro atoms. The van der Waals surface area contributed by atoms with Gasteiger partial charge in [-0.1, -0.05) is 12.8 Å². The highest BCUT2D eigenvalue weighted by Crippen LogP contribution is 2.23. The first-order chi connectivity index (χ1) is 11.9. The van der Waals surface area contributed by atoms with Crippen LogP contribution in [-0.2, 0) is 25.4 Å². The molecule has 26 heavy (non-hydrogen) atoms. The summed E-state index contributed by atoms with van der Waals surface area (Å²) in [4.78, 5) is 40.9. The van der Waals surface area contributed by atoms with Crippen molar-refractivity contribution in [3.8, 4) is 0 Å². The average molecular weight is 385 g/mol. The number of hydrogen-bond acceptors (Lipinski definition) is 5. The fraction of sp³-hybridized carbons (Fsp3) is 0.625. The highest BCUT2D eigenvalue weighted by molar-refractivity contribution is 5.85. The molecule has 1 amide bonds. The Kier molecular flexibility index (Phi) is 6.25. The second-order valence-corrected chi connectivity index (χ2v) is 6.70. The van der Waals surface area contributed by atoms with E-state index in [1.54, 1.807) is 7.05 Å². The van der Waals surface area contributed by atoms with E-state index in [9.17, 15) is 14.4 Å². The van der Waals surface area contributed by atoms with Crippen molar-refractivity contribution in [2.24, 2.45) is 25.7 Å². The first-order valence-corrected chi connectivity index (χ1v) is 8.54. The van der Waals surface area contributed by atoms with Gasteiger partial charge in [-0.05, 0) is 25.3 Å². The second kappa shape index (κ2) is 8.05. The Labute approximate surface area is 156 Å². The summed E-state index contributed by atoms with van der Waals surface area (Å²) < 4.78 is 3.81. The van der Waals surface area contributed by atoms with Crippen LogP contribution in [0, 0.1) is 5.92 Å². The summed E-state index contributed by atoms with van der Waals surface area (Å²) in [5, 5.41) is 3.04. The smallest absolute Gasteiger partial charge is 0.332 e. The molecule has 9 nitrogen and oxygen atoms in total. The molecule has 0 radical (unpaired) electrons. The van der Waals surface area contributed by atoms with Gasteiger partial charge in [0, 0.05) is 20.1 Å². The summed E-state index contributed by atoms with van der Waals surface area (Å²) in [6, 6.07) is 0.0771. The Morgan fingerprint density at radius 2 is 1.96 bits per heavy atom. The maximum absolute atomic E-state index is 12.5. The topological polar surface area (TPSA) is 117 Å². The van der Waals surface area contributed by atoms with Crippen LogP contribution in [0.1, 0.15) is 25.7 Å². The van der Waals surface area contributed by atoms with E-state index >= 15 is 0 Å². The molecule has 2 heterocycles. The van der Waals surface area contributed by atoms with Crippen LogP contribution < -0.4 is 22.3 Å². The fourth-order valence-electron chi connectivity index (χ4n) is 3.60. The number of carbonyl (C=O) groups is 1. The van der Waals surface area contributed by atoms with E-state index < -0.39 is 11.2 Å². The lowest BCUT2D eigenvalue weighted by Crippen LogP contribution is -2.46. The molecule has 2 aromatic heterocycles. The van der Waals surface area contributed by atoms with Crippen LogP contribution in [0.4, 0.5) is 0 Å². The van der Waals surface area contributed by atoms with E-state index in [1.165, 1.54) is 22.5 Å². The molecule has 0 bridgehead atoms. The summed E-state index contributed by atoms with van der Waals surface area (Å²) in [6.07, 6.45) is 5.60. The summed E-state index contributed by atoms with van der Waals surface area (Å²) in [6.45, 7) is 0.541. The normalized spacial score (nSPS) is 20.0. The van der Waals surface area contributed by atoms with Crippen molar-refractivity contribution in [2.75, 3.05) is 6.54 Å². The lowest BCUT2D eigenvalue weighted by atomic mass is 9.84. The summed E-state index contributed by atoms with van der Waals surface area (Å²) in [7, 11) is 2.96. The molecule has 2 aromatic rings. The van der Waals surface area contributed by atoms with E-state index in [2.05, 4.69) is 10.3 Å². The van der Waals surface area contributed by atoms with Gasteiger partial charge in [-0.15, -0.1) is 12.4 Å². The zero-order valence-corrected chi connectivity index (χ0v) is 15.8. The van der Waals surface area contributed by atoms with Crippen LogP contribution in [0.3, 0.4) is 0 Å². The van der Waals surface area contributed by atoms with Gasteiger partial charge in [0.25, 0.3) is 5.56 Å². The van der Waals surface area contributed by atoms with E-state index in [0.717, 1.165) is 30.3 Å². The van der Waals surface area contributed by atoms with Crippen molar-refractivity contribution in [1.82, 2.24) is 24.0 Å². The Bertz CT molecular complexity index is 915. The number of fused-ring (bicyclic) bond motifs is 1. The van der Waals surface area contributed by atoms with Crippen molar-refractivity contribution in [2.45, 2.75) is 38.3 Å². The molecule has 3 rings (SSSR count). The molecule has 0 saturated heterocycles. The number of aromatic nitrogens is 4. The number of nitrogens with two attached hydrogens (primary N) is 1. The van der Waals surface area contributed by atoms with Crippen LogP contribution >= 0.6 is 12.4 Å². The third kappa shape index (κ3) is 3.54. The Morgan fingerprint density at radius 1 is 1.27 bits per heavy atom. The molecule has 1 aliphatic rings. The number of amides is 1. The molecule has 1 fully saturated rings. The molecular formula is C16H25ClN6O3. The highest BCUT2D eigenvalue weighted by atomic mass is 35.5. The number of halogens is 1. The zero-order valence-electron chi connectivity index (χ0n) is 15.0. The van der Waals surface area contributed by atoms with Crippen LogP contribution in [0.15, 0.2) is 15.9 Å². The minimum atomic E-state index is -0.457. The van der Waals surface area contributed by atoms with E-state index in [1.807, 2.05) is 0 Å². The zero-order chi connectivity index (χ0) is 18.1. The van der Waals surface area contributed by atoms with Crippen molar-refractivity contribution >= 4 is 29.5 Å². The van der Waals surface area contributed by atoms with Crippen LogP contribution in [0.5, 0.6) is 0 Å². The predicted octanol–water partition coefficient (Wildman–Crippen LogP) is -0.511. The number of carbonyl (C=O) groups excluding carboxylic acids is 1. The number of nitrogens with zero attached hydrogens (tertiary/aromatic N) is 4. The van der Waals surface area contributed by atoms with Crippen molar-refractivity contribution in [1.29, 1.82) is 0 Å². The summed E-state index contributed by atoms with van der Waals surface area (Å²) >= 11 is 0. The lowest BCUT2D eigenvalue weighted by molar-refractivity contribution is -0.122. The Balaban J connectivity index is 0.00000243. The highest BCUT2D eigenvalue weighted by Gasteiger charge is 2.25. The number of rotatable bonds is 4. The molecule has 2 atom stereocenters. The van der Waals surface area contributed by atoms with Gasteiger partial charge in [0.2, 0.25) is 5.91 Å². The maximum atomic E-state index is 12.5. The van der Waals surface area contributed by atoms with Crippen LogP contribution in [0.25, 0.3) is 11.2 Å². The molecule has 2 unspecified atom stereocenters. The number of imidazole rings is 1. The maximum Gasteiger partial charge on any atom is 0.332 e. The SMILES string of the molecule is Cl.Cn1c(=O)c2c(ncn2CC(=O)NC2CCCCC2CN)n(C)c1=O. The van der Waals surface area contributed by atoms with E-state index in [-0.39, 0.29) is 42.1 Å². The van der Waals surface area contributed by atoms with Gasteiger partial charge >= 0.3 is 5.69 Å². The van der Waals surface area contributed by atoms with Crippen LogP contribution in [-0.4, -0.2) is 37.2 Å². The first kappa shape index (κ1) is 20.2. The minimum absolute atomic E-state index is 0. The third-order valence-corrected chi connectivity index (χ3v) is 5.09. The van der Waals surface area contributed by atoms with Gasteiger partial charge in [-0.2, -0.15) is 0 Å². The molecule has 10 heteroatoms. The quantitative estimate of drug-likeness (QED) is 0.736. The number of nitrogens with one attached hydrogen (secondary N) is 1. The predicted molar refractivity (Wildman–Crippen MR) is 100 cm³/mol. The van der Waals surface area contributed by atoms with Crippen molar-refractivity contribution in [3.63, 3.8) is 0 Å². The molecule has 0 aliphatic heterocycles. The van der Waals surface area contributed by atoms with Gasteiger partial charge in [0.15, 0.2) is 11.2 Å². The number of hydrogen-bond donors (Lipinski definition) is 2. The largest absolute Gasteiger partial charge is 0.351 e. The summed E-state index contributed by atoms with van der Waals surface area (Å²) in [5.41, 5.74) is 5.43. The van der Waals surface area contributed by atoms with Gasteiger partial charge in [-0.3, -0.25) is 18.7 Å². The molecule has 3 N–H and O–H groups in total. The Morgan fingerprint density at radius 3 is 2.65 bits per heavy atom. The molecule has 0 aromatic carbocycles. The van der Waals surface area contributed by atoms with Gasteiger partial charge in [-0.25, -0.2) is 9.78 Å². The molecule has 1 saturated carbocycles. The van der Waals surface area contributed by atoms with Crippen LogP contribution in [0.2, 0.25) is 0 Å². The number of aryl methyl sites for hydroxylation is 1. The van der Waals surface area contributed by atoms with Crippen molar-refractivity contribution in [3.05, 3.63) is 27.2 Å². The molecule has 144 valence electrons. The first-order valence-electron chi connectivity index (χ1n) is 8.54. The Hall–Kier alpha value is -2.13. The van der Waals surface area contributed by atoms with Crippen molar-refractivity contribution < 1.29 is 4.79 Å². The van der Waals surface area contributed by atoms with Gasteiger partial charge < -0.3 is 15.6 Å². The average Bonchev–Trinajstić information content (AvgIpc) is 3.02. The second-order valence-electron chi connectivity index (χ2n) is 6.70. The minimum Gasteiger partial charge on any atom is -0.351 e. The monoisotopic (exact) mass is 384 g/mol. The molecule has 1 aliphatic carbocycles. The van der Waals surface area contributed by atoms with Gasteiger partial charge in [0.05, 0.1) is 6.33 Å². The molecular weight excluding hydrogens is 360 g/mol. The van der Waals surface area contributed by atoms with Gasteiger partial charge in [0.1, 0.15) is 6.54 Å². The van der Waals surface area contributed by atoms with E-state index in [0.29, 0.717) is 12.5 Å². The summed E-state index contributed by atoms with van der Waals surface area (Å²) in [5.74, 6) is 0.117.